The Morgan fingerprint density at radius 1 is 1.41 bits per heavy atom. The molecule has 1 heterocycles. The molecule has 1 aliphatic heterocycles. The molecule has 0 spiro atoms. The van der Waals surface area contributed by atoms with Crippen molar-refractivity contribution >= 4 is 11.6 Å². The van der Waals surface area contributed by atoms with Gasteiger partial charge < -0.3 is 15.2 Å². The molecule has 124 valence electrons. The lowest BCUT2D eigenvalue weighted by Crippen LogP contribution is -2.43. The average molecular weight is 327 g/mol. The van der Waals surface area contributed by atoms with E-state index in [2.05, 4.69) is 11.8 Å². The summed E-state index contributed by atoms with van der Waals surface area (Å²) in [5.41, 5.74) is 7.18. The Hall–Kier alpha value is -0.970. The van der Waals surface area contributed by atoms with Crippen molar-refractivity contribution in [1.29, 1.82) is 0 Å². The van der Waals surface area contributed by atoms with E-state index in [-0.39, 0.29) is 6.04 Å². The van der Waals surface area contributed by atoms with Crippen LogP contribution >= 0.6 is 11.6 Å². The molecule has 4 nitrogen and oxygen atoms in total. The molecule has 1 aromatic rings. The van der Waals surface area contributed by atoms with Crippen molar-refractivity contribution in [2.24, 2.45) is 5.73 Å². The van der Waals surface area contributed by atoms with Gasteiger partial charge in [0.25, 0.3) is 0 Å². The highest BCUT2D eigenvalue weighted by atomic mass is 35.5. The van der Waals surface area contributed by atoms with E-state index < -0.39 is 0 Å². The Kier molecular flexibility index (Phi) is 6.36. The van der Waals surface area contributed by atoms with Gasteiger partial charge in [0.15, 0.2) is 11.5 Å². The maximum absolute atomic E-state index is 6.40. The van der Waals surface area contributed by atoms with Crippen molar-refractivity contribution in [1.82, 2.24) is 4.90 Å². The van der Waals surface area contributed by atoms with Crippen molar-refractivity contribution in [3.05, 3.63) is 22.7 Å². The first-order valence-electron chi connectivity index (χ1n) is 8.08. The molecule has 0 amide bonds. The number of nitrogens with two attached hydrogens (primary N) is 1. The second kappa shape index (κ2) is 8.04. The average Bonchev–Trinajstić information content (AvgIpc) is 2.52. The fourth-order valence-electron chi connectivity index (χ4n) is 3.26. The van der Waals surface area contributed by atoms with Crippen LogP contribution in [0.3, 0.4) is 0 Å². The van der Waals surface area contributed by atoms with Crippen LogP contribution in [0.1, 0.15) is 44.7 Å². The fraction of sp³-hybridized carbons (Fsp3) is 0.647. The third-order valence-electron chi connectivity index (χ3n) is 4.40. The number of benzene rings is 1. The van der Waals surface area contributed by atoms with Gasteiger partial charge in [-0.15, -0.1) is 0 Å². The van der Waals surface area contributed by atoms with Gasteiger partial charge in [0.05, 0.1) is 18.7 Å². The highest BCUT2D eigenvalue weighted by Crippen LogP contribution is 2.39. The Labute approximate surface area is 138 Å². The highest BCUT2D eigenvalue weighted by Gasteiger charge is 2.27. The van der Waals surface area contributed by atoms with Gasteiger partial charge in [0, 0.05) is 18.6 Å². The van der Waals surface area contributed by atoms with Gasteiger partial charge in [-0.05, 0) is 50.9 Å². The van der Waals surface area contributed by atoms with Crippen LogP contribution in [0.2, 0.25) is 5.02 Å². The molecule has 1 aliphatic rings. The van der Waals surface area contributed by atoms with Crippen LogP contribution in [0.5, 0.6) is 11.5 Å². The lowest BCUT2D eigenvalue weighted by atomic mass is 9.97. The molecule has 5 heteroatoms. The van der Waals surface area contributed by atoms with E-state index in [9.17, 15) is 0 Å². The van der Waals surface area contributed by atoms with E-state index in [0.29, 0.717) is 35.7 Å². The van der Waals surface area contributed by atoms with Gasteiger partial charge >= 0.3 is 0 Å². The molecule has 0 radical (unpaired) electrons. The minimum atomic E-state index is 0.164. The van der Waals surface area contributed by atoms with Crippen molar-refractivity contribution in [2.45, 2.75) is 45.2 Å². The summed E-state index contributed by atoms with van der Waals surface area (Å²) in [7, 11) is 1.64. The van der Waals surface area contributed by atoms with Gasteiger partial charge in [-0.25, -0.2) is 0 Å². The van der Waals surface area contributed by atoms with E-state index in [1.165, 1.54) is 19.3 Å². The molecule has 0 aromatic heterocycles. The molecular weight excluding hydrogens is 300 g/mol. The van der Waals surface area contributed by atoms with Crippen molar-refractivity contribution in [3.63, 3.8) is 0 Å². The molecule has 1 fully saturated rings. The molecular formula is C17H27ClN2O2. The molecule has 2 rings (SSSR count). The zero-order chi connectivity index (χ0) is 16.1. The summed E-state index contributed by atoms with van der Waals surface area (Å²) in [4.78, 5) is 2.48. The predicted octanol–water partition coefficient (Wildman–Crippen LogP) is 3.62. The number of piperidine rings is 1. The van der Waals surface area contributed by atoms with Crippen LogP contribution in [0.15, 0.2) is 12.1 Å². The number of likely N-dealkylation sites (tertiary alicyclic amines) is 1. The van der Waals surface area contributed by atoms with Crippen molar-refractivity contribution in [2.75, 3.05) is 26.8 Å². The summed E-state index contributed by atoms with van der Waals surface area (Å²) in [6.45, 7) is 6.41. The molecule has 2 atom stereocenters. The Bertz CT molecular complexity index is 496. The van der Waals surface area contributed by atoms with Crippen LogP contribution in [0.25, 0.3) is 0 Å². The smallest absolute Gasteiger partial charge is 0.179 e. The Morgan fingerprint density at radius 3 is 2.77 bits per heavy atom. The van der Waals surface area contributed by atoms with Crippen molar-refractivity contribution in [3.8, 4) is 11.5 Å². The van der Waals surface area contributed by atoms with Crippen LogP contribution in [-0.4, -0.2) is 37.7 Å². The molecule has 1 aromatic carbocycles. The summed E-state index contributed by atoms with van der Waals surface area (Å²) in [6, 6.07) is 4.68. The monoisotopic (exact) mass is 326 g/mol. The molecule has 0 bridgehead atoms. The summed E-state index contributed by atoms with van der Waals surface area (Å²) in [5, 5.41) is 0.583. The van der Waals surface area contributed by atoms with Gasteiger partial charge in [-0.1, -0.05) is 18.0 Å². The highest BCUT2D eigenvalue weighted by molar-refractivity contribution is 6.32. The quantitative estimate of drug-likeness (QED) is 0.867. The minimum Gasteiger partial charge on any atom is -0.493 e. The van der Waals surface area contributed by atoms with Crippen LogP contribution in [0.4, 0.5) is 0 Å². The fourth-order valence-corrected chi connectivity index (χ4v) is 3.54. The summed E-state index contributed by atoms with van der Waals surface area (Å²) >= 11 is 6.40. The van der Waals surface area contributed by atoms with Gasteiger partial charge in [-0.3, -0.25) is 4.90 Å². The predicted molar refractivity (Wildman–Crippen MR) is 91.0 cm³/mol. The number of rotatable bonds is 6. The number of hydrogen-bond donors (Lipinski definition) is 1. The number of ether oxygens (including phenoxy) is 2. The minimum absolute atomic E-state index is 0.164. The summed E-state index contributed by atoms with van der Waals surface area (Å²) in [5.74, 6) is 1.28. The maximum atomic E-state index is 6.40. The summed E-state index contributed by atoms with van der Waals surface area (Å²) in [6.07, 6.45) is 3.74. The molecule has 1 saturated heterocycles. The van der Waals surface area contributed by atoms with Gasteiger partial charge in [0.1, 0.15) is 0 Å². The van der Waals surface area contributed by atoms with Gasteiger partial charge in [0.2, 0.25) is 0 Å². The molecule has 0 saturated carbocycles. The molecule has 0 aliphatic carbocycles. The maximum Gasteiger partial charge on any atom is 0.179 e. The number of halogens is 1. The summed E-state index contributed by atoms with van der Waals surface area (Å²) < 4.78 is 11.1. The molecule has 22 heavy (non-hydrogen) atoms. The van der Waals surface area contributed by atoms with E-state index >= 15 is 0 Å². The third-order valence-corrected chi connectivity index (χ3v) is 4.68. The second-order valence-electron chi connectivity index (χ2n) is 5.80. The van der Waals surface area contributed by atoms with Gasteiger partial charge in [-0.2, -0.15) is 0 Å². The lowest BCUT2D eigenvalue weighted by Gasteiger charge is -2.39. The van der Waals surface area contributed by atoms with E-state index in [4.69, 9.17) is 26.8 Å². The second-order valence-corrected chi connectivity index (χ2v) is 6.21. The normalized spacial score (nSPS) is 20.7. The lowest BCUT2D eigenvalue weighted by molar-refractivity contribution is 0.108. The van der Waals surface area contributed by atoms with Crippen LogP contribution in [0, 0.1) is 0 Å². The number of hydrogen-bond acceptors (Lipinski definition) is 4. The van der Waals surface area contributed by atoms with E-state index in [0.717, 1.165) is 12.1 Å². The van der Waals surface area contributed by atoms with Crippen LogP contribution < -0.4 is 15.2 Å². The largest absolute Gasteiger partial charge is 0.493 e. The molecule has 2 N–H and O–H groups in total. The molecule has 2 unspecified atom stereocenters. The third kappa shape index (κ3) is 3.67. The van der Waals surface area contributed by atoms with Crippen molar-refractivity contribution < 1.29 is 9.47 Å². The zero-order valence-corrected chi connectivity index (χ0v) is 14.5. The van der Waals surface area contributed by atoms with E-state index in [1.54, 1.807) is 7.11 Å². The Balaban J connectivity index is 2.34. The first-order chi connectivity index (χ1) is 10.6. The van der Waals surface area contributed by atoms with E-state index in [1.807, 2.05) is 19.1 Å². The first-order valence-corrected chi connectivity index (χ1v) is 8.46. The topological polar surface area (TPSA) is 47.7 Å². The number of nitrogens with zero attached hydrogens (tertiary/aromatic N) is 1. The zero-order valence-electron chi connectivity index (χ0n) is 13.8. The van der Waals surface area contributed by atoms with Crippen LogP contribution in [-0.2, 0) is 0 Å². The Morgan fingerprint density at radius 2 is 2.18 bits per heavy atom. The first kappa shape index (κ1) is 17.4. The SMILES string of the molecule is CCOc1c(Cl)cc(C(CN)N2CCCCC2C)cc1OC. The standard InChI is InChI=1S/C17H27ClN2O2/c1-4-22-17-14(18)9-13(10-16(17)21-3)15(11-19)20-8-6-5-7-12(20)2/h9-10,12,15H,4-8,11,19H2,1-3H3. The number of methoxy groups -OCH3 is 1.